The lowest BCUT2D eigenvalue weighted by Gasteiger charge is -2.35. The number of hydrogen-bond acceptors (Lipinski definition) is 3. The maximum absolute atomic E-state index is 3.44. The molecule has 3 heteroatoms. The number of piperazine rings is 1. The van der Waals surface area contributed by atoms with Gasteiger partial charge in [0.1, 0.15) is 0 Å². The van der Waals surface area contributed by atoms with Gasteiger partial charge in [-0.25, -0.2) is 0 Å². The van der Waals surface area contributed by atoms with Gasteiger partial charge in [-0.1, -0.05) is 19.1 Å². The van der Waals surface area contributed by atoms with Crippen molar-refractivity contribution in [2.45, 2.75) is 33.2 Å². The summed E-state index contributed by atoms with van der Waals surface area (Å²) in [5.74, 6) is 0. The Kier molecular flexibility index (Phi) is 5.86. The van der Waals surface area contributed by atoms with Crippen LogP contribution in [0.4, 0.5) is 5.69 Å². The van der Waals surface area contributed by atoms with E-state index in [9.17, 15) is 0 Å². The second kappa shape index (κ2) is 7.65. The van der Waals surface area contributed by atoms with Crippen molar-refractivity contribution >= 4 is 5.69 Å². The van der Waals surface area contributed by atoms with Crippen LogP contribution in [0.5, 0.6) is 0 Å². The Morgan fingerprint density at radius 3 is 2.15 bits per heavy atom. The van der Waals surface area contributed by atoms with Crippen LogP contribution >= 0.6 is 0 Å². The largest absolute Gasteiger partial charge is 0.372 e. The molecule has 1 aliphatic heterocycles. The fourth-order valence-electron chi connectivity index (χ4n) is 3.19. The fraction of sp³-hybridized carbons (Fsp3) is 0.647. The first-order chi connectivity index (χ1) is 9.80. The third kappa shape index (κ3) is 3.53. The number of rotatable bonds is 6. The van der Waals surface area contributed by atoms with Crippen molar-refractivity contribution in [3.05, 3.63) is 29.8 Å². The van der Waals surface area contributed by atoms with Gasteiger partial charge in [-0.3, -0.25) is 4.90 Å². The van der Waals surface area contributed by atoms with E-state index in [1.54, 1.807) is 0 Å². The van der Waals surface area contributed by atoms with Gasteiger partial charge >= 0.3 is 0 Å². The molecule has 1 aromatic carbocycles. The van der Waals surface area contributed by atoms with E-state index in [1.165, 1.54) is 17.7 Å². The Balaban J connectivity index is 2.10. The summed E-state index contributed by atoms with van der Waals surface area (Å²) in [5.41, 5.74) is 2.80. The summed E-state index contributed by atoms with van der Waals surface area (Å²) in [7, 11) is 0. The van der Waals surface area contributed by atoms with Crippen molar-refractivity contribution in [3.63, 3.8) is 0 Å². The first-order valence-corrected chi connectivity index (χ1v) is 8.09. The summed E-state index contributed by atoms with van der Waals surface area (Å²) in [6.07, 6.45) is 1.19. The summed E-state index contributed by atoms with van der Waals surface area (Å²) >= 11 is 0. The minimum atomic E-state index is 0.572. The third-order valence-corrected chi connectivity index (χ3v) is 4.39. The highest BCUT2D eigenvalue weighted by Gasteiger charge is 2.20. The SMILES string of the molecule is CC[C@H](c1ccc(N(CC)CC)cc1)N1CCNCC1. The van der Waals surface area contributed by atoms with Crippen LogP contribution in [0.3, 0.4) is 0 Å². The molecule has 1 fully saturated rings. The van der Waals surface area contributed by atoms with E-state index in [2.05, 4.69) is 60.2 Å². The second-order valence-electron chi connectivity index (χ2n) is 5.47. The Morgan fingerprint density at radius 1 is 1.05 bits per heavy atom. The Morgan fingerprint density at radius 2 is 1.65 bits per heavy atom. The lowest BCUT2D eigenvalue weighted by atomic mass is 10.0. The first-order valence-electron chi connectivity index (χ1n) is 8.09. The molecule has 0 radical (unpaired) electrons. The molecule has 1 saturated heterocycles. The fourth-order valence-corrected chi connectivity index (χ4v) is 3.19. The van der Waals surface area contributed by atoms with Gasteiger partial charge < -0.3 is 10.2 Å². The summed E-state index contributed by atoms with van der Waals surface area (Å²) in [6.45, 7) is 13.4. The molecule has 0 aliphatic carbocycles. The van der Waals surface area contributed by atoms with Gasteiger partial charge in [-0.2, -0.15) is 0 Å². The smallest absolute Gasteiger partial charge is 0.0366 e. The van der Waals surface area contributed by atoms with E-state index in [4.69, 9.17) is 0 Å². The zero-order valence-corrected chi connectivity index (χ0v) is 13.2. The van der Waals surface area contributed by atoms with Gasteiger partial charge in [0.05, 0.1) is 0 Å². The minimum Gasteiger partial charge on any atom is -0.372 e. The van der Waals surface area contributed by atoms with Crippen molar-refractivity contribution < 1.29 is 0 Å². The van der Waals surface area contributed by atoms with E-state index < -0.39 is 0 Å². The van der Waals surface area contributed by atoms with Crippen molar-refractivity contribution in [2.24, 2.45) is 0 Å². The number of hydrogen-bond donors (Lipinski definition) is 1. The third-order valence-electron chi connectivity index (χ3n) is 4.39. The maximum atomic E-state index is 3.44. The van der Waals surface area contributed by atoms with E-state index in [0.717, 1.165) is 39.3 Å². The van der Waals surface area contributed by atoms with Crippen molar-refractivity contribution in [3.8, 4) is 0 Å². The minimum absolute atomic E-state index is 0.572. The molecule has 0 unspecified atom stereocenters. The van der Waals surface area contributed by atoms with Crippen molar-refractivity contribution in [1.82, 2.24) is 10.2 Å². The Labute approximate surface area is 124 Å². The Hall–Kier alpha value is -1.06. The van der Waals surface area contributed by atoms with E-state index >= 15 is 0 Å². The van der Waals surface area contributed by atoms with E-state index in [-0.39, 0.29) is 0 Å². The maximum Gasteiger partial charge on any atom is 0.0366 e. The lowest BCUT2D eigenvalue weighted by molar-refractivity contribution is 0.169. The molecular weight excluding hydrogens is 246 g/mol. The van der Waals surface area contributed by atoms with Crippen molar-refractivity contribution in [2.75, 3.05) is 44.2 Å². The summed E-state index contributed by atoms with van der Waals surface area (Å²) < 4.78 is 0. The van der Waals surface area contributed by atoms with Gasteiger partial charge in [0.15, 0.2) is 0 Å². The summed E-state index contributed by atoms with van der Waals surface area (Å²) in [5, 5.41) is 3.44. The highest BCUT2D eigenvalue weighted by molar-refractivity contribution is 5.47. The molecule has 0 bridgehead atoms. The Bertz CT molecular complexity index is 378. The van der Waals surface area contributed by atoms with Crippen LogP contribution in [0.2, 0.25) is 0 Å². The first kappa shape index (κ1) is 15.3. The lowest BCUT2D eigenvalue weighted by Crippen LogP contribution is -2.45. The van der Waals surface area contributed by atoms with Crippen LogP contribution < -0.4 is 10.2 Å². The molecule has 112 valence electrons. The molecule has 0 amide bonds. The molecule has 1 atom stereocenters. The summed E-state index contributed by atoms with van der Waals surface area (Å²) in [6, 6.07) is 9.79. The predicted octanol–water partition coefficient (Wildman–Crippen LogP) is 2.89. The van der Waals surface area contributed by atoms with Crippen LogP contribution in [0.25, 0.3) is 0 Å². The van der Waals surface area contributed by atoms with Gasteiger partial charge in [0.25, 0.3) is 0 Å². The normalized spacial score (nSPS) is 17.9. The van der Waals surface area contributed by atoms with Crippen molar-refractivity contribution in [1.29, 1.82) is 0 Å². The zero-order chi connectivity index (χ0) is 14.4. The van der Waals surface area contributed by atoms with Crippen LogP contribution in [0.1, 0.15) is 38.8 Å². The summed E-state index contributed by atoms with van der Waals surface area (Å²) in [4.78, 5) is 5.01. The standard InChI is InChI=1S/C17H29N3/c1-4-17(20-13-11-18-12-14-20)15-7-9-16(10-8-15)19(5-2)6-3/h7-10,17-18H,4-6,11-14H2,1-3H3/t17-/m1/s1. The van der Waals surface area contributed by atoms with Crippen LogP contribution in [-0.2, 0) is 0 Å². The molecule has 0 aromatic heterocycles. The van der Waals surface area contributed by atoms with Gasteiger partial charge in [-0.05, 0) is 38.0 Å². The highest BCUT2D eigenvalue weighted by Crippen LogP contribution is 2.26. The van der Waals surface area contributed by atoms with E-state index in [0.29, 0.717) is 6.04 Å². The van der Waals surface area contributed by atoms with Crippen LogP contribution in [-0.4, -0.2) is 44.2 Å². The molecule has 0 spiro atoms. The second-order valence-corrected chi connectivity index (χ2v) is 5.47. The average Bonchev–Trinajstić information content (AvgIpc) is 2.52. The predicted molar refractivity (Wildman–Crippen MR) is 87.5 cm³/mol. The quantitative estimate of drug-likeness (QED) is 0.861. The number of anilines is 1. The average molecular weight is 275 g/mol. The van der Waals surface area contributed by atoms with E-state index in [1.807, 2.05) is 0 Å². The number of nitrogens with zero attached hydrogens (tertiary/aromatic N) is 2. The van der Waals surface area contributed by atoms with Crippen LogP contribution in [0.15, 0.2) is 24.3 Å². The molecule has 1 aromatic rings. The number of nitrogens with one attached hydrogen (secondary N) is 1. The monoisotopic (exact) mass is 275 g/mol. The van der Waals surface area contributed by atoms with Gasteiger partial charge in [0, 0.05) is 51.0 Å². The molecule has 3 nitrogen and oxygen atoms in total. The highest BCUT2D eigenvalue weighted by atomic mass is 15.2. The molecule has 1 aliphatic rings. The van der Waals surface area contributed by atoms with Gasteiger partial charge in [0.2, 0.25) is 0 Å². The molecule has 1 N–H and O–H groups in total. The topological polar surface area (TPSA) is 18.5 Å². The molecule has 1 heterocycles. The number of benzene rings is 1. The van der Waals surface area contributed by atoms with Crippen LogP contribution in [0, 0.1) is 0 Å². The molecular formula is C17H29N3. The zero-order valence-electron chi connectivity index (χ0n) is 13.2. The molecule has 20 heavy (non-hydrogen) atoms. The van der Waals surface area contributed by atoms with Gasteiger partial charge in [-0.15, -0.1) is 0 Å². The molecule has 0 saturated carbocycles. The molecule has 2 rings (SSSR count).